The number of likely N-dealkylation sites (N-methyl/N-ethyl adjacent to an activating group) is 1. The van der Waals surface area contributed by atoms with Gasteiger partial charge in [-0.2, -0.15) is 0 Å². The molecule has 20 heavy (non-hydrogen) atoms. The van der Waals surface area contributed by atoms with Crippen LogP contribution in [0.3, 0.4) is 0 Å². The van der Waals surface area contributed by atoms with E-state index in [0.717, 1.165) is 38.6 Å². The summed E-state index contributed by atoms with van der Waals surface area (Å²) in [6.45, 7) is 4.02. The lowest BCUT2D eigenvalue weighted by molar-refractivity contribution is 0.0616. The number of rotatable bonds is 5. The number of aromatic nitrogens is 1. The predicted molar refractivity (Wildman–Crippen MR) is 83.1 cm³/mol. The van der Waals surface area contributed by atoms with Crippen LogP contribution in [0.15, 0.2) is 30.5 Å². The maximum atomic E-state index is 5.45. The SMILES string of the molecule is CNCCc1cccc2c1ccn2CC1CCOCC1. The first-order valence-electron chi connectivity index (χ1n) is 7.67. The molecule has 2 heterocycles. The van der Waals surface area contributed by atoms with Crippen LogP contribution in [0.25, 0.3) is 10.9 Å². The molecule has 0 unspecified atom stereocenters. The Hall–Kier alpha value is -1.32. The van der Waals surface area contributed by atoms with E-state index in [-0.39, 0.29) is 0 Å². The van der Waals surface area contributed by atoms with E-state index in [1.54, 1.807) is 0 Å². The molecule has 1 saturated heterocycles. The van der Waals surface area contributed by atoms with E-state index in [1.807, 2.05) is 7.05 Å². The zero-order valence-electron chi connectivity index (χ0n) is 12.3. The van der Waals surface area contributed by atoms with E-state index in [1.165, 1.54) is 29.3 Å². The molecule has 0 saturated carbocycles. The lowest BCUT2D eigenvalue weighted by Gasteiger charge is -2.22. The highest BCUT2D eigenvalue weighted by atomic mass is 16.5. The van der Waals surface area contributed by atoms with Gasteiger partial charge in [0, 0.05) is 36.9 Å². The Bertz CT molecular complexity index is 555. The van der Waals surface area contributed by atoms with E-state index < -0.39 is 0 Å². The van der Waals surface area contributed by atoms with Gasteiger partial charge in [-0.1, -0.05) is 12.1 Å². The minimum Gasteiger partial charge on any atom is -0.381 e. The summed E-state index contributed by atoms with van der Waals surface area (Å²) >= 11 is 0. The van der Waals surface area contributed by atoms with Crippen LogP contribution < -0.4 is 5.32 Å². The van der Waals surface area contributed by atoms with E-state index in [2.05, 4.69) is 40.3 Å². The maximum absolute atomic E-state index is 5.45. The van der Waals surface area contributed by atoms with Crippen LogP contribution in [0.2, 0.25) is 0 Å². The number of nitrogens with one attached hydrogen (secondary N) is 1. The second-order valence-electron chi connectivity index (χ2n) is 5.73. The summed E-state index contributed by atoms with van der Waals surface area (Å²) in [6.07, 6.45) is 5.73. The molecular weight excluding hydrogens is 248 g/mol. The van der Waals surface area contributed by atoms with Gasteiger partial charge >= 0.3 is 0 Å². The smallest absolute Gasteiger partial charge is 0.0483 e. The van der Waals surface area contributed by atoms with Crippen molar-refractivity contribution in [1.82, 2.24) is 9.88 Å². The number of ether oxygens (including phenoxy) is 1. The second-order valence-corrected chi connectivity index (χ2v) is 5.73. The lowest BCUT2D eigenvalue weighted by atomic mass is 10.0. The summed E-state index contributed by atoms with van der Waals surface area (Å²) in [5, 5.41) is 4.64. The van der Waals surface area contributed by atoms with Crippen molar-refractivity contribution in [3.63, 3.8) is 0 Å². The van der Waals surface area contributed by atoms with Crippen molar-refractivity contribution in [2.75, 3.05) is 26.8 Å². The van der Waals surface area contributed by atoms with Crippen LogP contribution in [-0.2, 0) is 17.7 Å². The van der Waals surface area contributed by atoms with E-state index in [4.69, 9.17) is 4.74 Å². The van der Waals surface area contributed by atoms with Crippen molar-refractivity contribution in [2.45, 2.75) is 25.8 Å². The first-order valence-corrected chi connectivity index (χ1v) is 7.67. The Kier molecular flexibility index (Phi) is 4.38. The highest BCUT2D eigenvalue weighted by molar-refractivity contribution is 5.83. The topological polar surface area (TPSA) is 26.2 Å². The maximum Gasteiger partial charge on any atom is 0.0483 e. The monoisotopic (exact) mass is 272 g/mol. The van der Waals surface area contributed by atoms with Crippen LogP contribution in [0.5, 0.6) is 0 Å². The van der Waals surface area contributed by atoms with Crippen molar-refractivity contribution >= 4 is 10.9 Å². The number of benzene rings is 1. The predicted octanol–water partition coefficient (Wildman–Crippen LogP) is 2.83. The molecule has 108 valence electrons. The first kappa shape index (κ1) is 13.7. The number of hydrogen-bond acceptors (Lipinski definition) is 2. The Balaban J connectivity index is 1.81. The van der Waals surface area contributed by atoms with Gasteiger partial charge in [-0.3, -0.25) is 0 Å². The van der Waals surface area contributed by atoms with Crippen molar-refractivity contribution in [3.05, 3.63) is 36.0 Å². The third-order valence-electron chi connectivity index (χ3n) is 4.34. The molecule has 0 radical (unpaired) electrons. The Morgan fingerprint density at radius 3 is 2.90 bits per heavy atom. The average Bonchev–Trinajstić information content (AvgIpc) is 2.90. The first-order chi connectivity index (χ1) is 9.88. The lowest BCUT2D eigenvalue weighted by Crippen LogP contribution is -2.20. The van der Waals surface area contributed by atoms with Crippen molar-refractivity contribution in [3.8, 4) is 0 Å². The fourth-order valence-corrected chi connectivity index (χ4v) is 3.13. The minimum absolute atomic E-state index is 0.764. The van der Waals surface area contributed by atoms with Gasteiger partial charge in [-0.25, -0.2) is 0 Å². The van der Waals surface area contributed by atoms with Gasteiger partial charge in [-0.15, -0.1) is 0 Å². The molecule has 1 fully saturated rings. The Morgan fingerprint density at radius 2 is 2.10 bits per heavy atom. The van der Waals surface area contributed by atoms with Crippen LogP contribution in [0, 0.1) is 5.92 Å². The summed E-state index contributed by atoms with van der Waals surface area (Å²) < 4.78 is 7.88. The zero-order chi connectivity index (χ0) is 13.8. The third kappa shape index (κ3) is 2.89. The molecule has 3 rings (SSSR count). The fourth-order valence-electron chi connectivity index (χ4n) is 3.13. The van der Waals surface area contributed by atoms with E-state index >= 15 is 0 Å². The standard InChI is InChI=1S/C17H24N2O/c1-18-9-5-15-3-2-4-17-16(15)6-10-19(17)13-14-7-11-20-12-8-14/h2-4,6,10,14,18H,5,7-9,11-13H2,1H3. The fraction of sp³-hybridized carbons (Fsp3) is 0.529. The number of nitrogens with zero attached hydrogens (tertiary/aromatic N) is 1. The molecule has 0 spiro atoms. The summed E-state index contributed by atoms with van der Waals surface area (Å²) in [7, 11) is 2.01. The molecule has 0 aliphatic carbocycles. The summed E-state index contributed by atoms with van der Waals surface area (Å²) in [5.74, 6) is 0.764. The van der Waals surface area contributed by atoms with Gasteiger partial charge in [0.15, 0.2) is 0 Å². The molecule has 3 nitrogen and oxygen atoms in total. The molecule has 1 aliphatic rings. The Labute approximate surface area is 120 Å². The van der Waals surface area contributed by atoms with Gasteiger partial charge in [0.05, 0.1) is 0 Å². The molecule has 0 amide bonds. The molecule has 1 aliphatic heterocycles. The van der Waals surface area contributed by atoms with Gasteiger partial charge in [0.1, 0.15) is 0 Å². The molecule has 1 aromatic carbocycles. The van der Waals surface area contributed by atoms with Gasteiger partial charge < -0.3 is 14.6 Å². The summed E-state index contributed by atoms with van der Waals surface area (Å²) in [6, 6.07) is 8.96. The molecule has 2 aromatic rings. The summed E-state index contributed by atoms with van der Waals surface area (Å²) in [4.78, 5) is 0. The third-order valence-corrected chi connectivity index (χ3v) is 4.34. The summed E-state index contributed by atoms with van der Waals surface area (Å²) in [5.41, 5.74) is 2.83. The minimum atomic E-state index is 0.764. The van der Waals surface area contributed by atoms with E-state index in [0.29, 0.717) is 0 Å². The highest BCUT2D eigenvalue weighted by Crippen LogP contribution is 2.24. The Morgan fingerprint density at radius 1 is 1.25 bits per heavy atom. The zero-order valence-corrected chi connectivity index (χ0v) is 12.3. The van der Waals surface area contributed by atoms with Gasteiger partial charge in [-0.05, 0) is 56.5 Å². The highest BCUT2D eigenvalue weighted by Gasteiger charge is 2.15. The van der Waals surface area contributed by atoms with Crippen LogP contribution in [0.1, 0.15) is 18.4 Å². The molecule has 1 N–H and O–H groups in total. The molecule has 3 heteroatoms. The van der Waals surface area contributed by atoms with Crippen LogP contribution >= 0.6 is 0 Å². The number of fused-ring (bicyclic) bond motifs is 1. The largest absolute Gasteiger partial charge is 0.381 e. The average molecular weight is 272 g/mol. The van der Waals surface area contributed by atoms with E-state index in [9.17, 15) is 0 Å². The molecule has 1 aromatic heterocycles. The normalized spacial score (nSPS) is 16.9. The van der Waals surface area contributed by atoms with Crippen molar-refractivity contribution in [1.29, 1.82) is 0 Å². The molecular formula is C17H24N2O. The van der Waals surface area contributed by atoms with Gasteiger partial charge in [0.25, 0.3) is 0 Å². The molecule has 0 atom stereocenters. The molecule has 0 bridgehead atoms. The quantitative estimate of drug-likeness (QED) is 0.906. The van der Waals surface area contributed by atoms with Crippen molar-refractivity contribution in [2.24, 2.45) is 5.92 Å². The van der Waals surface area contributed by atoms with Crippen LogP contribution in [0.4, 0.5) is 0 Å². The van der Waals surface area contributed by atoms with Gasteiger partial charge in [0.2, 0.25) is 0 Å². The van der Waals surface area contributed by atoms with Crippen molar-refractivity contribution < 1.29 is 4.74 Å². The van der Waals surface area contributed by atoms with Crippen LogP contribution in [-0.4, -0.2) is 31.4 Å². The number of hydrogen-bond donors (Lipinski definition) is 1. The second kappa shape index (κ2) is 6.42.